The molecule has 2 rings (SSSR count). The molecule has 0 aromatic rings. The molecule has 0 aromatic heterocycles. The van der Waals surface area contributed by atoms with Crippen LogP contribution in [-0.2, 0) is 4.79 Å². The van der Waals surface area contributed by atoms with Gasteiger partial charge in [-0.25, -0.2) is 0 Å². The van der Waals surface area contributed by atoms with Crippen molar-refractivity contribution in [1.82, 2.24) is 4.90 Å². The predicted molar refractivity (Wildman–Crippen MR) is 75.6 cm³/mol. The van der Waals surface area contributed by atoms with Crippen molar-refractivity contribution in [2.75, 3.05) is 13.1 Å². The smallest absolute Gasteiger partial charge is 0.138 e. The number of nitrogens with zero attached hydrogens (tertiary/aromatic N) is 1. The standard InChI is InChI=1S/C16H29NO/c1-12-10-17(7-6-14(12)18)13-8-15(2,3)11-16(4,5)9-13/h12-13H,6-11H2,1-5H3. The molecule has 0 aromatic carbocycles. The van der Waals surface area contributed by atoms with Crippen LogP contribution in [0.3, 0.4) is 0 Å². The van der Waals surface area contributed by atoms with Crippen LogP contribution >= 0.6 is 0 Å². The topological polar surface area (TPSA) is 20.3 Å². The quantitative estimate of drug-likeness (QED) is 0.711. The van der Waals surface area contributed by atoms with E-state index in [1.165, 1.54) is 19.3 Å². The van der Waals surface area contributed by atoms with Crippen LogP contribution in [0.25, 0.3) is 0 Å². The van der Waals surface area contributed by atoms with Crippen molar-refractivity contribution in [3.63, 3.8) is 0 Å². The first-order valence-corrected chi connectivity index (χ1v) is 7.45. The molecule has 1 atom stereocenters. The van der Waals surface area contributed by atoms with Gasteiger partial charge in [-0.3, -0.25) is 9.69 Å². The molecule has 2 heteroatoms. The van der Waals surface area contributed by atoms with E-state index in [-0.39, 0.29) is 5.92 Å². The Bertz CT molecular complexity index is 316. The normalized spacial score (nSPS) is 33.6. The van der Waals surface area contributed by atoms with E-state index in [1.54, 1.807) is 0 Å². The van der Waals surface area contributed by atoms with Crippen LogP contribution < -0.4 is 0 Å². The lowest BCUT2D eigenvalue weighted by atomic mass is 9.63. The molecule has 1 aliphatic carbocycles. The zero-order chi connectivity index (χ0) is 13.6. The number of likely N-dealkylation sites (tertiary alicyclic amines) is 1. The molecule has 0 N–H and O–H groups in total. The molecule has 2 aliphatic rings. The van der Waals surface area contributed by atoms with E-state index < -0.39 is 0 Å². The molecule has 1 saturated heterocycles. The van der Waals surface area contributed by atoms with E-state index in [4.69, 9.17) is 0 Å². The second-order valence-electron chi connectivity index (χ2n) is 8.18. The monoisotopic (exact) mass is 251 g/mol. The van der Waals surface area contributed by atoms with Gasteiger partial charge in [0, 0.05) is 31.5 Å². The van der Waals surface area contributed by atoms with Gasteiger partial charge >= 0.3 is 0 Å². The van der Waals surface area contributed by atoms with Gasteiger partial charge in [0.1, 0.15) is 5.78 Å². The lowest BCUT2D eigenvalue weighted by molar-refractivity contribution is -0.127. The van der Waals surface area contributed by atoms with E-state index in [0.29, 0.717) is 22.7 Å². The molecular formula is C16H29NO. The van der Waals surface area contributed by atoms with Crippen molar-refractivity contribution < 1.29 is 4.79 Å². The second kappa shape index (κ2) is 4.63. The molecule has 1 heterocycles. The molecule has 104 valence electrons. The highest BCUT2D eigenvalue weighted by Gasteiger charge is 2.41. The van der Waals surface area contributed by atoms with Crippen molar-refractivity contribution in [2.24, 2.45) is 16.7 Å². The maximum Gasteiger partial charge on any atom is 0.138 e. The van der Waals surface area contributed by atoms with Crippen LogP contribution in [0, 0.1) is 16.7 Å². The van der Waals surface area contributed by atoms with Crippen molar-refractivity contribution in [2.45, 2.75) is 66.3 Å². The fraction of sp³-hybridized carbons (Fsp3) is 0.938. The minimum Gasteiger partial charge on any atom is -0.299 e. The molecule has 1 unspecified atom stereocenters. The number of carbonyl (C=O) groups is 1. The average molecular weight is 251 g/mol. The third kappa shape index (κ3) is 3.14. The Hall–Kier alpha value is -0.370. The van der Waals surface area contributed by atoms with Crippen LogP contribution in [-0.4, -0.2) is 29.8 Å². The first-order chi connectivity index (χ1) is 8.19. The Balaban J connectivity index is 2.06. The van der Waals surface area contributed by atoms with Crippen LogP contribution in [0.5, 0.6) is 0 Å². The Morgan fingerprint density at radius 2 is 1.67 bits per heavy atom. The van der Waals surface area contributed by atoms with Crippen molar-refractivity contribution >= 4 is 5.78 Å². The van der Waals surface area contributed by atoms with E-state index in [0.717, 1.165) is 19.5 Å². The van der Waals surface area contributed by atoms with Gasteiger partial charge in [-0.15, -0.1) is 0 Å². The zero-order valence-electron chi connectivity index (χ0n) is 12.8. The van der Waals surface area contributed by atoms with E-state index >= 15 is 0 Å². The van der Waals surface area contributed by atoms with E-state index in [1.807, 2.05) is 0 Å². The summed E-state index contributed by atoms with van der Waals surface area (Å²) in [6.07, 6.45) is 4.66. The number of hydrogen-bond acceptors (Lipinski definition) is 2. The number of piperidine rings is 1. The summed E-state index contributed by atoms with van der Waals surface area (Å²) >= 11 is 0. The number of hydrogen-bond donors (Lipinski definition) is 0. The third-order valence-electron chi connectivity index (χ3n) is 4.75. The second-order valence-corrected chi connectivity index (χ2v) is 8.18. The first kappa shape index (κ1) is 14.0. The number of ketones is 1. The van der Waals surface area contributed by atoms with Crippen molar-refractivity contribution in [3.05, 3.63) is 0 Å². The summed E-state index contributed by atoms with van der Waals surface area (Å²) in [5.74, 6) is 0.701. The van der Waals surface area contributed by atoms with Gasteiger partial charge < -0.3 is 0 Å². The summed E-state index contributed by atoms with van der Waals surface area (Å²) in [4.78, 5) is 14.2. The number of rotatable bonds is 1. The molecule has 2 nitrogen and oxygen atoms in total. The highest BCUT2D eigenvalue weighted by Crippen LogP contribution is 2.47. The molecular weight excluding hydrogens is 222 g/mol. The van der Waals surface area contributed by atoms with E-state index in [9.17, 15) is 4.79 Å². The molecule has 0 amide bonds. The van der Waals surface area contributed by atoms with Crippen LogP contribution in [0.1, 0.15) is 60.3 Å². The van der Waals surface area contributed by atoms with Crippen LogP contribution in [0.4, 0.5) is 0 Å². The van der Waals surface area contributed by atoms with Gasteiger partial charge in [0.15, 0.2) is 0 Å². The Labute approximate surface area is 112 Å². The molecule has 2 fully saturated rings. The average Bonchev–Trinajstić information content (AvgIpc) is 2.17. The maximum absolute atomic E-state index is 11.7. The highest BCUT2D eigenvalue weighted by atomic mass is 16.1. The van der Waals surface area contributed by atoms with E-state index in [2.05, 4.69) is 39.5 Å². The fourth-order valence-corrected chi connectivity index (χ4v) is 4.42. The molecule has 0 radical (unpaired) electrons. The minimum absolute atomic E-state index is 0.243. The third-order valence-corrected chi connectivity index (χ3v) is 4.75. The summed E-state index contributed by atoms with van der Waals surface area (Å²) < 4.78 is 0. The SMILES string of the molecule is CC1CN(C2CC(C)(C)CC(C)(C)C2)CCC1=O. The summed E-state index contributed by atoms with van der Waals surface area (Å²) in [6.45, 7) is 13.7. The molecule has 1 saturated carbocycles. The number of carbonyl (C=O) groups excluding carboxylic acids is 1. The van der Waals surface area contributed by atoms with Gasteiger partial charge in [0.25, 0.3) is 0 Å². The van der Waals surface area contributed by atoms with Crippen LogP contribution in [0.15, 0.2) is 0 Å². The summed E-state index contributed by atoms with van der Waals surface area (Å²) in [6, 6.07) is 0.680. The molecule has 18 heavy (non-hydrogen) atoms. The Morgan fingerprint density at radius 1 is 1.11 bits per heavy atom. The number of Topliss-reactive ketones (excluding diaryl/α,β-unsaturated/α-hetero) is 1. The summed E-state index contributed by atoms with van der Waals surface area (Å²) in [7, 11) is 0. The minimum atomic E-state index is 0.243. The van der Waals surface area contributed by atoms with Crippen molar-refractivity contribution in [3.8, 4) is 0 Å². The van der Waals surface area contributed by atoms with Gasteiger partial charge in [-0.05, 0) is 30.1 Å². The highest BCUT2D eigenvalue weighted by molar-refractivity contribution is 5.81. The largest absolute Gasteiger partial charge is 0.299 e. The molecule has 1 aliphatic heterocycles. The van der Waals surface area contributed by atoms with Gasteiger partial charge in [-0.1, -0.05) is 34.6 Å². The molecule has 0 spiro atoms. The zero-order valence-corrected chi connectivity index (χ0v) is 12.8. The Kier molecular flexibility index (Phi) is 3.61. The van der Waals surface area contributed by atoms with Crippen molar-refractivity contribution in [1.29, 1.82) is 0 Å². The summed E-state index contributed by atoms with van der Waals surface area (Å²) in [5.41, 5.74) is 0.883. The van der Waals surface area contributed by atoms with Gasteiger partial charge in [0.2, 0.25) is 0 Å². The first-order valence-electron chi connectivity index (χ1n) is 7.45. The summed E-state index contributed by atoms with van der Waals surface area (Å²) in [5, 5.41) is 0. The predicted octanol–water partition coefficient (Wildman–Crippen LogP) is 3.50. The lowest BCUT2D eigenvalue weighted by Crippen LogP contribution is -2.51. The Morgan fingerprint density at radius 3 is 2.17 bits per heavy atom. The maximum atomic E-state index is 11.7. The van der Waals surface area contributed by atoms with Gasteiger partial charge in [0.05, 0.1) is 0 Å². The van der Waals surface area contributed by atoms with Gasteiger partial charge in [-0.2, -0.15) is 0 Å². The lowest BCUT2D eigenvalue weighted by Gasteiger charge is -2.49. The van der Waals surface area contributed by atoms with Crippen LogP contribution in [0.2, 0.25) is 0 Å². The fourth-order valence-electron chi connectivity index (χ4n) is 4.42. The molecule has 0 bridgehead atoms.